The zero-order valence-electron chi connectivity index (χ0n) is 14.0. The van der Waals surface area contributed by atoms with E-state index < -0.39 is 14.8 Å². The van der Waals surface area contributed by atoms with Gasteiger partial charge in [0.1, 0.15) is 5.69 Å². The molecule has 0 heterocycles. The Morgan fingerprint density at radius 3 is 2.46 bits per heavy atom. The van der Waals surface area contributed by atoms with E-state index in [0.29, 0.717) is 19.0 Å². The maximum Gasteiger partial charge on any atom is 0.293 e. The second-order valence-corrected chi connectivity index (χ2v) is 7.08. The molecule has 0 atom stereocenters. The van der Waals surface area contributed by atoms with Crippen molar-refractivity contribution in [1.82, 2.24) is 10.6 Å². The van der Waals surface area contributed by atoms with Gasteiger partial charge in [0.25, 0.3) is 5.69 Å². The van der Waals surface area contributed by atoms with Crippen LogP contribution in [0.25, 0.3) is 0 Å². The summed E-state index contributed by atoms with van der Waals surface area (Å²) in [7, 11) is -1.83. The molecule has 10 heteroatoms. The first-order chi connectivity index (χ1) is 11.3. The Kier molecular flexibility index (Phi) is 7.43. The van der Waals surface area contributed by atoms with E-state index in [-0.39, 0.29) is 16.3 Å². The molecule has 0 spiro atoms. The van der Waals surface area contributed by atoms with Crippen LogP contribution in [0.15, 0.2) is 28.1 Å². The van der Waals surface area contributed by atoms with E-state index in [1.807, 2.05) is 6.92 Å². The second kappa shape index (κ2) is 9.06. The average Bonchev–Trinajstić information content (AvgIpc) is 2.53. The summed E-state index contributed by atoms with van der Waals surface area (Å²) in [6, 6.07) is 3.81. The molecule has 0 amide bonds. The van der Waals surface area contributed by atoms with Crippen molar-refractivity contribution in [3.8, 4) is 0 Å². The van der Waals surface area contributed by atoms with Crippen LogP contribution >= 0.6 is 0 Å². The van der Waals surface area contributed by atoms with Gasteiger partial charge in [-0.1, -0.05) is 6.92 Å². The standard InChI is InChI=1S/C14H23N5O4S/c1-4-7-17-14(15-2)18-9-8-16-12-6-5-11(24(3,22)23)10-13(12)19(20)21/h5-6,10,16H,4,7-9H2,1-3H3,(H2,15,17,18). The van der Waals surface area contributed by atoms with Crippen LogP contribution in [0.5, 0.6) is 0 Å². The normalized spacial score (nSPS) is 11.9. The van der Waals surface area contributed by atoms with Crippen molar-refractivity contribution in [2.75, 3.05) is 38.3 Å². The maximum absolute atomic E-state index is 11.5. The maximum atomic E-state index is 11.5. The summed E-state index contributed by atoms with van der Waals surface area (Å²) in [5, 5.41) is 20.2. The molecule has 0 bridgehead atoms. The molecule has 0 saturated heterocycles. The summed E-state index contributed by atoms with van der Waals surface area (Å²) in [6.07, 6.45) is 1.98. The lowest BCUT2D eigenvalue weighted by atomic mass is 10.2. The van der Waals surface area contributed by atoms with Gasteiger partial charge in [0.05, 0.1) is 9.82 Å². The number of benzene rings is 1. The van der Waals surface area contributed by atoms with E-state index in [2.05, 4.69) is 20.9 Å². The predicted molar refractivity (Wildman–Crippen MR) is 94.4 cm³/mol. The Morgan fingerprint density at radius 1 is 1.25 bits per heavy atom. The smallest absolute Gasteiger partial charge is 0.293 e. The van der Waals surface area contributed by atoms with Crippen molar-refractivity contribution < 1.29 is 13.3 Å². The van der Waals surface area contributed by atoms with Crippen LogP contribution in [-0.4, -0.2) is 52.2 Å². The van der Waals surface area contributed by atoms with Crippen LogP contribution in [0.1, 0.15) is 13.3 Å². The molecule has 0 aliphatic rings. The number of anilines is 1. The third-order valence-electron chi connectivity index (χ3n) is 3.09. The Hall–Kier alpha value is -2.36. The summed E-state index contributed by atoms with van der Waals surface area (Å²) < 4.78 is 23.0. The Balaban J connectivity index is 2.70. The van der Waals surface area contributed by atoms with Gasteiger partial charge in [0.2, 0.25) is 0 Å². The van der Waals surface area contributed by atoms with E-state index in [1.54, 1.807) is 7.05 Å². The molecule has 0 saturated carbocycles. The molecule has 3 N–H and O–H groups in total. The van der Waals surface area contributed by atoms with Gasteiger partial charge in [-0.25, -0.2) is 8.42 Å². The molecule has 1 aromatic carbocycles. The fraction of sp³-hybridized carbons (Fsp3) is 0.500. The number of rotatable bonds is 8. The molecule has 0 aromatic heterocycles. The first-order valence-corrected chi connectivity index (χ1v) is 9.35. The third kappa shape index (κ3) is 6.03. The predicted octanol–water partition coefficient (Wildman–Crippen LogP) is 0.985. The molecule has 1 rings (SSSR count). The second-order valence-electron chi connectivity index (χ2n) is 5.06. The number of nitrogens with one attached hydrogen (secondary N) is 3. The van der Waals surface area contributed by atoms with Crippen molar-refractivity contribution in [1.29, 1.82) is 0 Å². The molecule has 0 unspecified atom stereocenters. The topological polar surface area (TPSA) is 126 Å². The van der Waals surface area contributed by atoms with Crippen LogP contribution < -0.4 is 16.0 Å². The monoisotopic (exact) mass is 357 g/mol. The van der Waals surface area contributed by atoms with E-state index in [1.165, 1.54) is 12.1 Å². The van der Waals surface area contributed by atoms with Crippen LogP contribution in [0.2, 0.25) is 0 Å². The number of nitrogens with zero attached hydrogens (tertiary/aromatic N) is 2. The number of nitro benzene ring substituents is 1. The first-order valence-electron chi connectivity index (χ1n) is 7.46. The number of sulfone groups is 1. The summed E-state index contributed by atoms with van der Waals surface area (Å²) in [6.45, 7) is 3.74. The van der Waals surface area contributed by atoms with Crippen LogP contribution in [0.3, 0.4) is 0 Å². The number of guanidine groups is 1. The van der Waals surface area contributed by atoms with Gasteiger partial charge in [0.15, 0.2) is 15.8 Å². The quantitative estimate of drug-likeness (QED) is 0.208. The lowest BCUT2D eigenvalue weighted by Gasteiger charge is -2.12. The van der Waals surface area contributed by atoms with Gasteiger partial charge in [-0.05, 0) is 18.6 Å². The minimum absolute atomic E-state index is 0.0814. The lowest BCUT2D eigenvalue weighted by Crippen LogP contribution is -2.39. The van der Waals surface area contributed by atoms with E-state index >= 15 is 0 Å². The van der Waals surface area contributed by atoms with E-state index in [9.17, 15) is 18.5 Å². The number of hydrogen-bond acceptors (Lipinski definition) is 6. The lowest BCUT2D eigenvalue weighted by molar-refractivity contribution is -0.384. The summed E-state index contributed by atoms with van der Waals surface area (Å²) >= 11 is 0. The van der Waals surface area contributed by atoms with Gasteiger partial charge >= 0.3 is 0 Å². The molecule has 0 aliphatic carbocycles. The number of hydrogen-bond donors (Lipinski definition) is 3. The highest BCUT2D eigenvalue weighted by atomic mass is 32.2. The fourth-order valence-electron chi connectivity index (χ4n) is 1.88. The molecular formula is C14H23N5O4S. The minimum atomic E-state index is -3.49. The molecular weight excluding hydrogens is 334 g/mol. The zero-order chi connectivity index (χ0) is 18.2. The Bertz CT molecular complexity index is 703. The van der Waals surface area contributed by atoms with Crippen molar-refractivity contribution in [3.63, 3.8) is 0 Å². The van der Waals surface area contributed by atoms with Gasteiger partial charge in [-0.3, -0.25) is 15.1 Å². The summed E-state index contributed by atoms with van der Waals surface area (Å²) in [5.41, 5.74) is -0.00267. The molecule has 1 aromatic rings. The third-order valence-corrected chi connectivity index (χ3v) is 4.20. The average molecular weight is 357 g/mol. The molecule has 0 fully saturated rings. The first kappa shape index (κ1) is 19.7. The van der Waals surface area contributed by atoms with Gasteiger partial charge in [-0.15, -0.1) is 0 Å². The summed E-state index contributed by atoms with van der Waals surface area (Å²) in [4.78, 5) is 14.5. The largest absolute Gasteiger partial charge is 0.378 e. The fourth-order valence-corrected chi connectivity index (χ4v) is 2.53. The van der Waals surface area contributed by atoms with Crippen molar-refractivity contribution in [2.24, 2.45) is 4.99 Å². The van der Waals surface area contributed by atoms with E-state index in [0.717, 1.165) is 25.3 Å². The molecule has 0 radical (unpaired) electrons. The van der Waals surface area contributed by atoms with Crippen LogP contribution in [-0.2, 0) is 9.84 Å². The van der Waals surface area contributed by atoms with Crippen molar-refractivity contribution in [2.45, 2.75) is 18.2 Å². The minimum Gasteiger partial charge on any atom is -0.378 e. The highest BCUT2D eigenvalue weighted by molar-refractivity contribution is 7.90. The number of nitro groups is 1. The molecule has 0 aliphatic heterocycles. The van der Waals surface area contributed by atoms with Gasteiger partial charge < -0.3 is 16.0 Å². The molecule has 9 nitrogen and oxygen atoms in total. The Labute approximate surface area is 141 Å². The highest BCUT2D eigenvalue weighted by Gasteiger charge is 2.18. The zero-order valence-corrected chi connectivity index (χ0v) is 14.8. The molecule has 134 valence electrons. The molecule has 24 heavy (non-hydrogen) atoms. The van der Waals surface area contributed by atoms with Crippen LogP contribution in [0.4, 0.5) is 11.4 Å². The van der Waals surface area contributed by atoms with Gasteiger partial charge in [0, 0.05) is 39.0 Å². The van der Waals surface area contributed by atoms with Gasteiger partial charge in [-0.2, -0.15) is 0 Å². The highest BCUT2D eigenvalue weighted by Crippen LogP contribution is 2.27. The van der Waals surface area contributed by atoms with Crippen molar-refractivity contribution >= 4 is 27.2 Å². The van der Waals surface area contributed by atoms with Crippen molar-refractivity contribution in [3.05, 3.63) is 28.3 Å². The van der Waals surface area contributed by atoms with E-state index in [4.69, 9.17) is 0 Å². The van der Waals surface area contributed by atoms with Crippen LogP contribution in [0, 0.1) is 10.1 Å². The SMILES string of the molecule is CCCNC(=NC)NCCNc1ccc(S(C)(=O)=O)cc1[N+](=O)[O-]. The number of aliphatic imine (C=N–C) groups is 1. The summed E-state index contributed by atoms with van der Waals surface area (Å²) in [5.74, 6) is 0.653. The Morgan fingerprint density at radius 2 is 1.92 bits per heavy atom.